The molecule has 1 aromatic rings. The average Bonchev–Trinajstić information content (AvgIpc) is 3.54. The maximum Gasteiger partial charge on any atom is 0.243 e. The minimum absolute atomic E-state index is 0.109. The molecule has 0 aromatic carbocycles. The number of likely N-dealkylation sites (tertiary alicyclic amines) is 2. The molecule has 3 aliphatic heterocycles. The SMILES string of the molecule is O=C1[C@H]2[C@H](C(=O)N1CC(=O)N1CCC[C@H]1c1nnc3n1CCCCC3)[C@H]1C=C[C@H]2C1. The molecule has 3 amide bonds. The Hall–Kier alpha value is -2.51. The van der Waals surface area contributed by atoms with Gasteiger partial charge in [0.2, 0.25) is 17.7 Å². The highest BCUT2D eigenvalue weighted by molar-refractivity contribution is 6.08. The fraction of sp³-hybridized carbons (Fsp3) is 0.682. The maximum absolute atomic E-state index is 13.2. The molecule has 0 unspecified atom stereocenters. The van der Waals surface area contributed by atoms with E-state index in [4.69, 9.17) is 0 Å². The number of aromatic nitrogens is 3. The summed E-state index contributed by atoms with van der Waals surface area (Å²) in [6.07, 6.45) is 11.2. The second-order valence-corrected chi connectivity index (χ2v) is 9.44. The molecule has 2 bridgehead atoms. The van der Waals surface area contributed by atoms with Gasteiger partial charge in [0.05, 0.1) is 17.9 Å². The van der Waals surface area contributed by atoms with Gasteiger partial charge in [-0.05, 0) is 43.9 Å². The van der Waals surface area contributed by atoms with Crippen LogP contribution in [0.5, 0.6) is 0 Å². The van der Waals surface area contributed by atoms with Crippen molar-refractivity contribution in [3.8, 4) is 0 Å². The third-order valence-electron chi connectivity index (χ3n) is 7.86. The summed E-state index contributed by atoms with van der Waals surface area (Å²) in [4.78, 5) is 42.2. The van der Waals surface area contributed by atoms with Crippen LogP contribution in [0.1, 0.15) is 56.2 Å². The van der Waals surface area contributed by atoms with E-state index >= 15 is 0 Å². The van der Waals surface area contributed by atoms with Gasteiger partial charge in [0.1, 0.15) is 12.4 Å². The lowest BCUT2D eigenvalue weighted by atomic mass is 9.85. The van der Waals surface area contributed by atoms with Crippen molar-refractivity contribution in [2.24, 2.45) is 23.7 Å². The van der Waals surface area contributed by atoms with E-state index in [0.29, 0.717) is 6.54 Å². The van der Waals surface area contributed by atoms with Gasteiger partial charge in [-0.1, -0.05) is 18.6 Å². The van der Waals surface area contributed by atoms with Crippen molar-refractivity contribution in [1.29, 1.82) is 0 Å². The third kappa shape index (κ3) is 2.55. The lowest BCUT2D eigenvalue weighted by molar-refractivity contribution is -0.147. The summed E-state index contributed by atoms with van der Waals surface area (Å²) in [6, 6.07) is -0.109. The summed E-state index contributed by atoms with van der Waals surface area (Å²) in [7, 11) is 0. The number of carbonyl (C=O) groups excluding carboxylic acids is 3. The van der Waals surface area contributed by atoms with Gasteiger partial charge in [-0.25, -0.2) is 0 Å². The van der Waals surface area contributed by atoms with Crippen LogP contribution in [0.2, 0.25) is 0 Å². The highest BCUT2D eigenvalue weighted by atomic mass is 16.2. The van der Waals surface area contributed by atoms with Crippen LogP contribution in [0.3, 0.4) is 0 Å². The Kier molecular flexibility index (Phi) is 4.11. The molecule has 6 rings (SSSR count). The average molecular weight is 409 g/mol. The summed E-state index contributed by atoms with van der Waals surface area (Å²) in [5.74, 6) is 1.28. The Bertz CT molecular complexity index is 923. The molecule has 5 atom stereocenters. The summed E-state index contributed by atoms with van der Waals surface area (Å²) in [5.41, 5.74) is 0. The topological polar surface area (TPSA) is 88.4 Å². The van der Waals surface area contributed by atoms with Crippen molar-refractivity contribution in [2.45, 2.75) is 57.5 Å². The van der Waals surface area contributed by atoms with E-state index < -0.39 is 0 Å². The number of hydrogen-bond acceptors (Lipinski definition) is 5. The van der Waals surface area contributed by atoms with Crippen LogP contribution in [-0.4, -0.2) is 55.4 Å². The van der Waals surface area contributed by atoms with Gasteiger partial charge < -0.3 is 9.47 Å². The normalized spacial score (nSPS) is 34.6. The number of aryl methyl sites for hydroxylation is 1. The molecule has 0 radical (unpaired) electrons. The fourth-order valence-corrected chi connectivity index (χ4v) is 6.43. The van der Waals surface area contributed by atoms with E-state index in [1.807, 2.05) is 4.90 Å². The number of amides is 3. The van der Waals surface area contributed by atoms with E-state index in [0.717, 1.165) is 56.7 Å². The van der Waals surface area contributed by atoms with Gasteiger partial charge in [0.15, 0.2) is 5.82 Å². The van der Waals surface area contributed by atoms with Crippen molar-refractivity contribution in [2.75, 3.05) is 13.1 Å². The molecule has 1 aromatic heterocycles. The zero-order valence-corrected chi connectivity index (χ0v) is 17.1. The Morgan fingerprint density at radius 2 is 1.73 bits per heavy atom. The van der Waals surface area contributed by atoms with Crippen molar-refractivity contribution in [3.05, 3.63) is 23.8 Å². The Morgan fingerprint density at radius 1 is 0.967 bits per heavy atom. The number of rotatable bonds is 3. The van der Waals surface area contributed by atoms with Gasteiger partial charge >= 0.3 is 0 Å². The van der Waals surface area contributed by atoms with Crippen LogP contribution in [0, 0.1) is 23.7 Å². The molecule has 5 aliphatic rings. The van der Waals surface area contributed by atoms with Crippen LogP contribution in [0.15, 0.2) is 12.2 Å². The van der Waals surface area contributed by atoms with Gasteiger partial charge in [-0.15, -0.1) is 10.2 Å². The number of hydrogen-bond donors (Lipinski definition) is 0. The van der Waals surface area contributed by atoms with E-state index in [1.165, 1.54) is 11.3 Å². The van der Waals surface area contributed by atoms with Gasteiger partial charge in [-0.2, -0.15) is 0 Å². The first kappa shape index (κ1) is 18.3. The van der Waals surface area contributed by atoms with Crippen molar-refractivity contribution in [3.63, 3.8) is 0 Å². The molecule has 1 saturated carbocycles. The van der Waals surface area contributed by atoms with Crippen molar-refractivity contribution >= 4 is 17.7 Å². The standard InChI is InChI=1S/C22H27N5O3/c28-17(12-27-21(29)18-13-7-8-14(11-13)19(18)22(27)30)25-10-4-5-15(25)20-24-23-16-6-2-1-3-9-26(16)20/h7-8,13-15,18-19H,1-6,9-12H2/t13-,14-,15-,18+,19+/m0/s1. The van der Waals surface area contributed by atoms with Gasteiger partial charge in [0.25, 0.3) is 0 Å². The van der Waals surface area contributed by atoms with Crippen molar-refractivity contribution in [1.82, 2.24) is 24.6 Å². The first-order valence-corrected chi connectivity index (χ1v) is 11.4. The Labute approximate surface area is 175 Å². The molecule has 4 heterocycles. The van der Waals surface area contributed by atoms with Gasteiger partial charge in [0, 0.05) is 19.5 Å². The predicted molar refractivity (Wildman–Crippen MR) is 106 cm³/mol. The van der Waals surface area contributed by atoms with Crippen LogP contribution < -0.4 is 0 Å². The molecule has 2 aliphatic carbocycles. The monoisotopic (exact) mass is 409 g/mol. The molecule has 0 N–H and O–H groups in total. The lowest BCUT2D eigenvalue weighted by Gasteiger charge is -2.27. The lowest BCUT2D eigenvalue weighted by Crippen LogP contribution is -2.44. The zero-order chi connectivity index (χ0) is 20.4. The first-order chi connectivity index (χ1) is 14.6. The van der Waals surface area contributed by atoms with E-state index in [9.17, 15) is 14.4 Å². The quantitative estimate of drug-likeness (QED) is 0.557. The molecule has 8 nitrogen and oxygen atoms in total. The molecule has 30 heavy (non-hydrogen) atoms. The fourth-order valence-electron chi connectivity index (χ4n) is 6.43. The summed E-state index contributed by atoms with van der Waals surface area (Å²) < 4.78 is 2.20. The third-order valence-corrected chi connectivity index (χ3v) is 7.86. The Morgan fingerprint density at radius 3 is 2.50 bits per heavy atom. The maximum atomic E-state index is 13.2. The van der Waals surface area contributed by atoms with Crippen LogP contribution >= 0.6 is 0 Å². The molecule has 158 valence electrons. The minimum Gasteiger partial charge on any atom is -0.331 e. The van der Waals surface area contributed by atoms with Crippen molar-refractivity contribution < 1.29 is 14.4 Å². The smallest absolute Gasteiger partial charge is 0.243 e. The zero-order valence-electron chi connectivity index (χ0n) is 17.1. The first-order valence-electron chi connectivity index (χ1n) is 11.4. The second-order valence-electron chi connectivity index (χ2n) is 9.44. The number of allylic oxidation sites excluding steroid dienone is 2. The molecule has 0 spiro atoms. The second kappa shape index (κ2) is 6.75. The highest BCUT2D eigenvalue weighted by Crippen LogP contribution is 2.52. The van der Waals surface area contributed by atoms with Gasteiger partial charge in [-0.3, -0.25) is 19.3 Å². The summed E-state index contributed by atoms with van der Waals surface area (Å²) in [5, 5.41) is 8.85. The highest BCUT2D eigenvalue weighted by Gasteiger charge is 2.59. The number of nitrogens with zero attached hydrogens (tertiary/aromatic N) is 5. The molecular weight excluding hydrogens is 382 g/mol. The predicted octanol–water partition coefficient (Wildman–Crippen LogP) is 1.48. The molecule has 2 saturated heterocycles. The van der Waals surface area contributed by atoms with E-state index in [2.05, 4.69) is 26.9 Å². The largest absolute Gasteiger partial charge is 0.331 e. The molecular formula is C22H27N5O3. The number of imide groups is 1. The van der Waals surface area contributed by atoms with E-state index in [-0.39, 0.29) is 54.0 Å². The van der Waals surface area contributed by atoms with Crippen LogP contribution in [-0.2, 0) is 27.3 Å². The Balaban J connectivity index is 1.21. The number of carbonyl (C=O) groups is 3. The van der Waals surface area contributed by atoms with E-state index in [1.54, 1.807) is 0 Å². The van der Waals surface area contributed by atoms with Crippen LogP contribution in [0.4, 0.5) is 0 Å². The number of fused-ring (bicyclic) bond motifs is 6. The molecule has 3 fully saturated rings. The summed E-state index contributed by atoms with van der Waals surface area (Å²) >= 11 is 0. The van der Waals surface area contributed by atoms with Crippen LogP contribution in [0.25, 0.3) is 0 Å². The minimum atomic E-state index is -0.248. The molecule has 8 heteroatoms. The summed E-state index contributed by atoms with van der Waals surface area (Å²) in [6.45, 7) is 1.40.